The normalized spacial score (nSPS) is 13.6. The fraction of sp³-hybridized carbons (Fsp3) is 0.263. The number of aromatic nitrogens is 2. The maximum absolute atomic E-state index is 10.3. The van der Waals surface area contributed by atoms with Crippen LogP contribution in [0.1, 0.15) is 29.9 Å². The molecule has 0 aliphatic heterocycles. The van der Waals surface area contributed by atoms with Gasteiger partial charge in [0.1, 0.15) is 5.01 Å². The van der Waals surface area contributed by atoms with Crippen LogP contribution in [0, 0.1) is 0 Å². The molecular weight excluding hydrogens is 318 g/mol. The maximum Gasteiger partial charge on any atom is 0.142 e. The number of nitrogens with zero attached hydrogens (tertiary/aromatic N) is 2. The molecule has 2 heterocycles. The summed E-state index contributed by atoms with van der Waals surface area (Å²) >= 11 is 1.64. The number of aliphatic hydroxyl groups is 1. The number of pyridine rings is 1. The number of rotatable bonds is 7. The third-order valence-corrected chi connectivity index (χ3v) is 4.84. The standard InChI is InChI=1S/C19H21N3OS/c1-14(11-18(23)15-7-3-2-4-8-15)21-12-16-13-22-19(24-16)17-9-5-6-10-20-17/h2-10,13-14,18,21,23H,11-12H2,1H3. The van der Waals surface area contributed by atoms with E-state index in [1.54, 1.807) is 17.5 Å². The first-order valence-corrected chi connectivity index (χ1v) is 8.86. The number of hydrogen-bond acceptors (Lipinski definition) is 5. The largest absolute Gasteiger partial charge is 0.388 e. The third-order valence-electron chi connectivity index (χ3n) is 3.82. The van der Waals surface area contributed by atoms with Crippen LogP contribution in [0.25, 0.3) is 10.7 Å². The van der Waals surface area contributed by atoms with Gasteiger partial charge in [-0.2, -0.15) is 0 Å². The molecule has 0 saturated carbocycles. The van der Waals surface area contributed by atoms with Crippen molar-refractivity contribution in [3.05, 3.63) is 71.4 Å². The summed E-state index contributed by atoms with van der Waals surface area (Å²) in [5, 5.41) is 14.7. The van der Waals surface area contributed by atoms with E-state index in [0.717, 1.165) is 27.7 Å². The van der Waals surface area contributed by atoms with Crippen LogP contribution in [0.4, 0.5) is 0 Å². The molecule has 124 valence electrons. The lowest BCUT2D eigenvalue weighted by Crippen LogP contribution is -2.27. The predicted molar refractivity (Wildman–Crippen MR) is 97.7 cm³/mol. The van der Waals surface area contributed by atoms with E-state index >= 15 is 0 Å². The van der Waals surface area contributed by atoms with Crippen LogP contribution < -0.4 is 5.32 Å². The van der Waals surface area contributed by atoms with Crippen molar-refractivity contribution in [1.82, 2.24) is 15.3 Å². The van der Waals surface area contributed by atoms with Gasteiger partial charge < -0.3 is 10.4 Å². The molecule has 1 aromatic carbocycles. The molecule has 3 rings (SSSR count). The molecule has 3 aromatic rings. The highest BCUT2D eigenvalue weighted by atomic mass is 32.1. The summed E-state index contributed by atoms with van der Waals surface area (Å²) in [5.41, 5.74) is 1.86. The molecule has 2 unspecified atom stereocenters. The van der Waals surface area contributed by atoms with E-state index in [9.17, 15) is 5.11 Å². The average molecular weight is 339 g/mol. The molecule has 0 bridgehead atoms. The van der Waals surface area contributed by atoms with Gasteiger partial charge in [-0.1, -0.05) is 36.4 Å². The summed E-state index contributed by atoms with van der Waals surface area (Å²) in [4.78, 5) is 9.93. The first-order chi connectivity index (χ1) is 11.7. The van der Waals surface area contributed by atoms with Crippen molar-refractivity contribution in [1.29, 1.82) is 0 Å². The highest BCUT2D eigenvalue weighted by molar-refractivity contribution is 7.14. The van der Waals surface area contributed by atoms with Gasteiger partial charge in [0.05, 0.1) is 11.8 Å². The van der Waals surface area contributed by atoms with Gasteiger partial charge in [0.15, 0.2) is 0 Å². The fourth-order valence-electron chi connectivity index (χ4n) is 2.50. The Balaban J connectivity index is 1.51. The van der Waals surface area contributed by atoms with Crippen molar-refractivity contribution in [3.63, 3.8) is 0 Å². The van der Waals surface area contributed by atoms with E-state index in [2.05, 4.69) is 22.2 Å². The van der Waals surface area contributed by atoms with Crippen LogP contribution in [0.15, 0.2) is 60.9 Å². The van der Waals surface area contributed by atoms with Crippen molar-refractivity contribution in [2.24, 2.45) is 0 Å². The first-order valence-electron chi connectivity index (χ1n) is 8.05. The highest BCUT2D eigenvalue weighted by Gasteiger charge is 2.12. The molecule has 0 fully saturated rings. The minimum Gasteiger partial charge on any atom is -0.388 e. The molecule has 0 aliphatic rings. The second kappa shape index (κ2) is 8.15. The van der Waals surface area contributed by atoms with Gasteiger partial charge >= 0.3 is 0 Å². The summed E-state index contributed by atoms with van der Waals surface area (Å²) < 4.78 is 0. The van der Waals surface area contributed by atoms with Gasteiger partial charge in [-0.3, -0.25) is 4.98 Å². The summed E-state index contributed by atoms with van der Waals surface area (Å²) in [7, 11) is 0. The Morgan fingerprint density at radius 2 is 1.88 bits per heavy atom. The number of aliphatic hydroxyl groups excluding tert-OH is 1. The SMILES string of the molecule is CC(CC(O)c1ccccc1)NCc1cnc(-c2ccccn2)s1. The van der Waals surface area contributed by atoms with Crippen LogP contribution in [-0.4, -0.2) is 21.1 Å². The predicted octanol–water partition coefficient (Wildman–Crippen LogP) is 3.81. The topological polar surface area (TPSA) is 58.0 Å². The zero-order valence-electron chi connectivity index (χ0n) is 13.6. The maximum atomic E-state index is 10.3. The summed E-state index contributed by atoms with van der Waals surface area (Å²) in [5.74, 6) is 0. The Morgan fingerprint density at radius 3 is 2.62 bits per heavy atom. The Kier molecular flexibility index (Phi) is 5.69. The number of benzene rings is 1. The minimum atomic E-state index is -0.445. The van der Waals surface area contributed by atoms with Crippen molar-refractivity contribution in [2.75, 3.05) is 0 Å². The zero-order valence-corrected chi connectivity index (χ0v) is 14.4. The molecule has 2 aromatic heterocycles. The molecule has 0 saturated heterocycles. The average Bonchev–Trinajstić information content (AvgIpc) is 3.10. The van der Waals surface area contributed by atoms with Crippen LogP contribution in [0.2, 0.25) is 0 Å². The van der Waals surface area contributed by atoms with Gasteiger partial charge in [-0.25, -0.2) is 4.98 Å². The summed E-state index contributed by atoms with van der Waals surface area (Å²) in [6, 6.07) is 15.8. The molecule has 2 N–H and O–H groups in total. The van der Waals surface area contributed by atoms with Crippen LogP contribution in [0.5, 0.6) is 0 Å². The first kappa shape index (κ1) is 16.8. The van der Waals surface area contributed by atoms with Crippen molar-refractivity contribution in [2.45, 2.75) is 32.0 Å². The Labute approximate surface area is 146 Å². The number of thiazole rings is 1. The van der Waals surface area contributed by atoms with E-state index < -0.39 is 6.10 Å². The highest BCUT2D eigenvalue weighted by Crippen LogP contribution is 2.23. The van der Waals surface area contributed by atoms with Gasteiger partial charge in [-0.05, 0) is 31.0 Å². The molecule has 24 heavy (non-hydrogen) atoms. The molecule has 0 radical (unpaired) electrons. The van der Waals surface area contributed by atoms with Crippen LogP contribution >= 0.6 is 11.3 Å². The minimum absolute atomic E-state index is 0.209. The summed E-state index contributed by atoms with van der Waals surface area (Å²) in [6.07, 6.45) is 3.90. The molecule has 0 amide bonds. The fourth-order valence-corrected chi connectivity index (χ4v) is 3.34. The lowest BCUT2D eigenvalue weighted by Gasteiger charge is -2.17. The lowest BCUT2D eigenvalue weighted by atomic mass is 10.0. The Hall–Kier alpha value is -2.08. The van der Waals surface area contributed by atoms with Gasteiger partial charge in [0.25, 0.3) is 0 Å². The smallest absolute Gasteiger partial charge is 0.142 e. The van der Waals surface area contributed by atoms with E-state index in [4.69, 9.17) is 0 Å². The van der Waals surface area contributed by atoms with Crippen molar-refractivity contribution < 1.29 is 5.11 Å². The Morgan fingerprint density at radius 1 is 1.08 bits per heavy atom. The quantitative estimate of drug-likeness (QED) is 0.687. The summed E-state index contributed by atoms with van der Waals surface area (Å²) in [6.45, 7) is 2.83. The van der Waals surface area contributed by atoms with E-state index in [0.29, 0.717) is 6.42 Å². The number of nitrogens with one attached hydrogen (secondary N) is 1. The van der Waals surface area contributed by atoms with Crippen molar-refractivity contribution >= 4 is 11.3 Å². The second-order valence-electron chi connectivity index (χ2n) is 5.79. The molecule has 5 heteroatoms. The van der Waals surface area contributed by atoms with Crippen molar-refractivity contribution in [3.8, 4) is 10.7 Å². The van der Waals surface area contributed by atoms with Gasteiger partial charge in [0, 0.05) is 29.9 Å². The second-order valence-corrected chi connectivity index (χ2v) is 6.91. The monoisotopic (exact) mass is 339 g/mol. The lowest BCUT2D eigenvalue weighted by molar-refractivity contribution is 0.154. The van der Waals surface area contributed by atoms with Gasteiger partial charge in [0.2, 0.25) is 0 Å². The van der Waals surface area contributed by atoms with Crippen LogP contribution in [0.3, 0.4) is 0 Å². The molecular formula is C19H21N3OS. The zero-order chi connectivity index (χ0) is 16.8. The van der Waals surface area contributed by atoms with E-state index in [1.807, 2.05) is 54.7 Å². The van der Waals surface area contributed by atoms with Crippen LogP contribution in [-0.2, 0) is 6.54 Å². The van der Waals surface area contributed by atoms with Gasteiger partial charge in [-0.15, -0.1) is 11.3 Å². The molecule has 0 spiro atoms. The third kappa shape index (κ3) is 4.47. The molecule has 2 atom stereocenters. The van der Waals surface area contributed by atoms with E-state index in [1.165, 1.54) is 0 Å². The Bertz CT molecular complexity index is 746. The van der Waals surface area contributed by atoms with E-state index in [-0.39, 0.29) is 6.04 Å². The molecule has 0 aliphatic carbocycles. The molecule has 4 nitrogen and oxygen atoms in total. The number of hydrogen-bond donors (Lipinski definition) is 2.